The van der Waals surface area contributed by atoms with Crippen molar-refractivity contribution in [3.63, 3.8) is 0 Å². The first-order chi connectivity index (χ1) is 19.7. The summed E-state index contributed by atoms with van der Waals surface area (Å²) in [4.78, 5) is 44.4. The van der Waals surface area contributed by atoms with Gasteiger partial charge in [0, 0.05) is 42.6 Å². The van der Waals surface area contributed by atoms with E-state index in [-0.39, 0.29) is 24.0 Å². The Balaban J connectivity index is 1.15. The van der Waals surface area contributed by atoms with Crippen LogP contribution < -0.4 is 10.6 Å². The molecule has 3 amide bonds. The highest BCUT2D eigenvalue weighted by Crippen LogP contribution is 2.30. The number of rotatable bonds is 6. The number of hydrogen-bond acceptors (Lipinski definition) is 8. The summed E-state index contributed by atoms with van der Waals surface area (Å²) in [6.07, 6.45) is 5.68. The van der Waals surface area contributed by atoms with Crippen molar-refractivity contribution in [2.45, 2.75) is 64.7 Å². The zero-order valence-electron chi connectivity index (χ0n) is 23.6. The van der Waals surface area contributed by atoms with Crippen LogP contribution in [0.3, 0.4) is 0 Å². The molecule has 2 N–H and O–H groups in total. The number of ether oxygens (including phenoxy) is 2. The van der Waals surface area contributed by atoms with E-state index in [9.17, 15) is 14.4 Å². The summed E-state index contributed by atoms with van der Waals surface area (Å²) in [5, 5.41) is 12.6. The molecule has 12 heteroatoms. The highest BCUT2D eigenvalue weighted by atomic mass is 32.1. The normalized spacial score (nSPS) is 19.4. The van der Waals surface area contributed by atoms with Crippen LogP contribution in [0.15, 0.2) is 41.9 Å². The summed E-state index contributed by atoms with van der Waals surface area (Å²) in [5.41, 5.74) is 1.74. The van der Waals surface area contributed by atoms with Gasteiger partial charge in [-0.1, -0.05) is 0 Å². The maximum Gasteiger partial charge on any atom is 0.410 e. The first-order valence-corrected chi connectivity index (χ1v) is 14.9. The summed E-state index contributed by atoms with van der Waals surface area (Å²) < 4.78 is 13.2. The van der Waals surface area contributed by atoms with Gasteiger partial charge in [0.25, 0.3) is 5.91 Å². The number of carbonyl (C=O) groups excluding carboxylic acids is 3. The summed E-state index contributed by atoms with van der Waals surface area (Å²) in [7, 11) is 0. The molecule has 1 unspecified atom stereocenters. The van der Waals surface area contributed by atoms with Crippen molar-refractivity contribution >= 4 is 40.6 Å². The number of nitrogens with zero attached hydrogens (tertiary/aromatic N) is 4. The molecule has 41 heavy (non-hydrogen) atoms. The fourth-order valence-corrected chi connectivity index (χ4v) is 5.70. The Morgan fingerprint density at radius 3 is 2.49 bits per heavy atom. The van der Waals surface area contributed by atoms with Crippen molar-refractivity contribution in [3.05, 3.63) is 47.6 Å². The molecule has 0 aliphatic carbocycles. The largest absolute Gasteiger partial charge is 0.444 e. The van der Waals surface area contributed by atoms with E-state index in [1.54, 1.807) is 40.7 Å². The van der Waals surface area contributed by atoms with Gasteiger partial charge in [-0.3, -0.25) is 9.59 Å². The first-order valence-electron chi connectivity index (χ1n) is 14.0. The number of nitrogens with one attached hydrogen (secondary N) is 2. The predicted molar refractivity (Wildman–Crippen MR) is 156 cm³/mol. The second-order valence-corrected chi connectivity index (χ2v) is 12.2. The number of aromatic nitrogens is 3. The Labute approximate surface area is 243 Å². The van der Waals surface area contributed by atoms with Crippen LogP contribution in [0.5, 0.6) is 0 Å². The van der Waals surface area contributed by atoms with Crippen LogP contribution in [0.1, 0.15) is 69.6 Å². The number of benzene rings is 1. The monoisotopic (exact) mass is 580 g/mol. The minimum atomic E-state index is -0.584. The fraction of sp³-hybridized carbons (Fsp3) is 0.483. The van der Waals surface area contributed by atoms with Crippen molar-refractivity contribution < 1.29 is 23.9 Å². The maximum absolute atomic E-state index is 12.9. The highest BCUT2D eigenvalue weighted by Gasteiger charge is 2.31. The summed E-state index contributed by atoms with van der Waals surface area (Å²) in [5.74, 6) is -0.799. The lowest BCUT2D eigenvalue weighted by molar-refractivity contribution is -0.121. The van der Waals surface area contributed by atoms with E-state index in [0.717, 1.165) is 31.4 Å². The third-order valence-corrected chi connectivity index (χ3v) is 7.77. The SMILES string of the molecule is CC(C)(C)OC(=O)N1CCC[C@H](C(=O)Nc2ccc(NC(=O)c3csc(-c4ccnn4C4CCCCO4)n3)cc2)C1. The molecule has 0 radical (unpaired) electrons. The first kappa shape index (κ1) is 28.7. The molecule has 2 aliphatic rings. The molecule has 11 nitrogen and oxygen atoms in total. The summed E-state index contributed by atoms with van der Waals surface area (Å²) >= 11 is 1.38. The molecule has 0 spiro atoms. The topological polar surface area (TPSA) is 128 Å². The number of thiazole rings is 1. The van der Waals surface area contributed by atoms with E-state index < -0.39 is 11.7 Å². The Morgan fingerprint density at radius 1 is 1.02 bits per heavy atom. The molecular weight excluding hydrogens is 544 g/mol. The molecular formula is C29H36N6O5S. The Kier molecular flexibility index (Phi) is 8.69. The molecule has 2 aliphatic heterocycles. The lowest BCUT2D eigenvalue weighted by Gasteiger charge is -2.33. The number of piperidine rings is 1. The van der Waals surface area contributed by atoms with Gasteiger partial charge in [0.05, 0.1) is 11.6 Å². The Bertz CT molecular complexity index is 1370. The van der Waals surface area contributed by atoms with Gasteiger partial charge in [0.15, 0.2) is 6.23 Å². The van der Waals surface area contributed by atoms with Gasteiger partial charge in [-0.05, 0) is 83.2 Å². The lowest BCUT2D eigenvalue weighted by atomic mass is 9.97. The van der Waals surface area contributed by atoms with Crippen LogP contribution in [-0.2, 0) is 14.3 Å². The average molecular weight is 581 g/mol. The molecule has 3 aromatic rings. The van der Waals surface area contributed by atoms with Gasteiger partial charge < -0.3 is 25.0 Å². The third kappa shape index (κ3) is 7.31. The quantitative estimate of drug-likeness (QED) is 0.392. The molecule has 4 heterocycles. The van der Waals surface area contributed by atoms with Crippen LogP contribution in [0.25, 0.3) is 10.7 Å². The molecule has 1 aromatic carbocycles. The molecule has 2 fully saturated rings. The molecule has 218 valence electrons. The summed E-state index contributed by atoms with van der Waals surface area (Å²) in [6.45, 7) is 7.08. The van der Waals surface area contributed by atoms with Gasteiger partial charge in [-0.15, -0.1) is 11.3 Å². The smallest absolute Gasteiger partial charge is 0.410 e. The number of anilines is 2. The second kappa shape index (κ2) is 12.4. The van der Waals surface area contributed by atoms with Crippen molar-refractivity contribution in [1.29, 1.82) is 0 Å². The fourth-order valence-electron chi connectivity index (χ4n) is 4.89. The van der Waals surface area contributed by atoms with E-state index in [4.69, 9.17) is 9.47 Å². The number of hydrogen-bond donors (Lipinski definition) is 2. The average Bonchev–Trinajstić information content (AvgIpc) is 3.64. The molecule has 0 saturated carbocycles. The van der Waals surface area contributed by atoms with E-state index in [2.05, 4.69) is 20.7 Å². The van der Waals surface area contributed by atoms with Gasteiger partial charge in [0.2, 0.25) is 5.91 Å². The van der Waals surface area contributed by atoms with Crippen molar-refractivity contribution in [2.24, 2.45) is 5.92 Å². The van der Waals surface area contributed by atoms with Crippen molar-refractivity contribution in [1.82, 2.24) is 19.7 Å². The van der Waals surface area contributed by atoms with Crippen LogP contribution in [0, 0.1) is 5.92 Å². The van der Waals surface area contributed by atoms with Gasteiger partial charge >= 0.3 is 6.09 Å². The number of likely N-dealkylation sites (tertiary alicyclic amines) is 1. The standard InChI is InChI=1S/C29H36N6O5S/c1-29(2,3)40-28(38)34-15-6-7-19(17-34)25(36)31-20-9-11-21(12-10-20)32-26(37)22-18-41-27(33-22)23-13-14-30-35(23)24-8-4-5-16-39-24/h9-14,18-19,24H,4-8,15-17H2,1-3H3,(H,31,36)(H,32,37)/t19-,24?/m0/s1. The number of carbonyl (C=O) groups is 3. The van der Waals surface area contributed by atoms with Gasteiger partial charge in [-0.2, -0.15) is 5.10 Å². The van der Waals surface area contributed by atoms with Crippen molar-refractivity contribution in [3.8, 4) is 10.7 Å². The minimum Gasteiger partial charge on any atom is -0.444 e. The zero-order valence-corrected chi connectivity index (χ0v) is 24.4. The van der Waals surface area contributed by atoms with Crippen molar-refractivity contribution in [2.75, 3.05) is 30.3 Å². The van der Waals surface area contributed by atoms with Crippen LogP contribution >= 0.6 is 11.3 Å². The van der Waals surface area contributed by atoms with E-state index in [0.29, 0.717) is 48.2 Å². The van der Waals surface area contributed by atoms with Gasteiger partial charge in [-0.25, -0.2) is 14.5 Å². The predicted octanol–water partition coefficient (Wildman–Crippen LogP) is 5.54. The minimum absolute atomic E-state index is 0.115. The van der Waals surface area contributed by atoms with Crippen LogP contribution in [0.2, 0.25) is 0 Å². The third-order valence-electron chi connectivity index (χ3n) is 6.91. The summed E-state index contributed by atoms with van der Waals surface area (Å²) in [6, 6.07) is 8.80. The Hall–Kier alpha value is -3.77. The molecule has 2 atom stereocenters. The maximum atomic E-state index is 12.9. The van der Waals surface area contributed by atoms with E-state index in [1.807, 2.05) is 31.5 Å². The zero-order chi connectivity index (χ0) is 29.0. The Morgan fingerprint density at radius 2 is 1.78 bits per heavy atom. The number of amides is 3. The lowest BCUT2D eigenvalue weighted by Crippen LogP contribution is -2.45. The highest BCUT2D eigenvalue weighted by molar-refractivity contribution is 7.13. The van der Waals surface area contributed by atoms with Crippen LogP contribution in [0.4, 0.5) is 16.2 Å². The van der Waals surface area contributed by atoms with Crippen LogP contribution in [-0.4, -0.2) is 62.9 Å². The van der Waals surface area contributed by atoms with E-state index >= 15 is 0 Å². The molecule has 0 bridgehead atoms. The molecule has 2 saturated heterocycles. The van der Waals surface area contributed by atoms with Gasteiger partial charge in [0.1, 0.15) is 16.3 Å². The second-order valence-electron chi connectivity index (χ2n) is 11.3. The molecule has 5 rings (SSSR count). The molecule has 2 aromatic heterocycles. The van der Waals surface area contributed by atoms with E-state index in [1.165, 1.54) is 11.3 Å².